The smallest absolute Gasteiger partial charge is 0.422 e. The molecule has 0 atom stereocenters. The third-order valence-corrected chi connectivity index (χ3v) is 6.30. The number of carbonyl (C=O) groups excluding carboxylic acids is 1. The molecule has 0 bridgehead atoms. The van der Waals surface area contributed by atoms with Crippen LogP contribution in [-0.2, 0) is 0 Å². The molecule has 1 aliphatic rings. The fourth-order valence-corrected chi connectivity index (χ4v) is 4.60. The summed E-state index contributed by atoms with van der Waals surface area (Å²) in [5, 5.41) is 10.0. The fourth-order valence-electron chi connectivity index (χ4n) is 4.60. The zero-order valence-corrected chi connectivity index (χ0v) is 18.5. The van der Waals surface area contributed by atoms with Gasteiger partial charge in [0.1, 0.15) is 11.3 Å². The predicted molar refractivity (Wildman–Crippen MR) is 119 cm³/mol. The van der Waals surface area contributed by atoms with E-state index >= 15 is 0 Å². The lowest BCUT2D eigenvalue weighted by molar-refractivity contribution is -0.153. The van der Waals surface area contributed by atoms with Gasteiger partial charge in [0, 0.05) is 29.5 Å². The minimum Gasteiger partial charge on any atom is -0.483 e. The zero-order valence-electron chi connectivity index (χ0n) is 18.5. The van der Waals surface area contributed by atoms with Gasteiger partial charge in [-0.3, -0.25) is 4.79 Å². The number of benzene rings is 2. The van der Waals surface area contributed by atoms with E-state index in [1.165, 1.54) is 6.07 Å². The number of alkyl halides is 3. The molecule has 33 heavy (non-hydrogen) atoms. The lowest BCUT2D eigenvalue weighted by Gasteiger charge is -2.26. The molecular formula is C26H27F3O4. The topological polar surface area (TPSA) is 59.7 Å². The number of ketones is 1. The Morgan fingerprint density at radius 1 is 1.06 bits per heavy atom. The number of hydrogen-bond donors (Lipinski definition) is 1. The van der Waals surface area contributed by atoms with Crippen LogP contribution in [0, 0.1) is 18.8 Å². The van der Waals surface area contributed by atoms with Crippen molar-refractivity contribution in [2.75, 3.05) is 13.2 Å². The van der Waals surface area contributed by atoms with Gasteiger partial charge < -0.3 is 14.3 Å². The number of fused-ring (bicyclic) bond motifs is 1. The first-order valence-corrected chi connectivity index (χ1v) is 11.2. The second-order valence-corrected chi connectivity index (χ2v) is 8.94. The van der Waals surface area contributed by atoms with Crippen LogP contribution in [0.4, 0.5) is 13.2 Å². The van der Waals surface area contributed by atoms with Gasteiger partial charge in [0.25, 0.3) is 0 Å². The summed E-state index contributed by atoms with van der Waals surface area (Å²) in [6.45, 7) is 0.691. The predicted octanol–water partition coefficient (Wildman–Crippen LogP) is 6.72. The largest absolute Gasteiger partial charge is 0.483 e. The Morgan fingerprint density at radius 2 is 1.76 bits per heavy atom. The molecule has 7 heteroatoms. The maximum absolute atomic E-state index is 13.0. The molecule has 4 rings (SSSR count). The highest BCUT2D eigenvalue weighted by molar-refractivity contribution is 6.01. The molecule has 0 saturated heterocycles. The van der Waals surface area contributed by atoms with Gasteiger partial charge in [-0.1, -0.05) is 18.2 Å². The molecule has 0 spiro atoms. The molecule has 0 amide bonds. The Hall–Kier alpha value is -2.80. The Balaban J connectivity index is 1.62. The average Bonchev–Trinajstić information content (AvgIpc) is 3.21. The van der Waals surface area contributed by atoms with Crippen molar-refractivity contribution in [2.45, 2.75) is 45.2 Å². The minimum absolute atomic E-state index is 0.0798. The molecule has 4 nitrogen and oxygen atoms in total. The number of halogens is 3. The van der Waals surface area contributed by atoms with Crippen LogP contribution in [0.15, 0.2) is 46.9 Å². The highest BCUT2D eigenvalue weighted by atomic mass is 19.4. The van der Waals surface area contributed by atoms with Gasteiger partial charge in [-0.15, -0.1) is 0 Å². The molecule has 2 aromatic carbocycles. The molecule has 0 radical (unpaired) electrons. The first-order valence-electron chi connectivity index (χ1n) is 11.2. The summed E-state index contributed by atoms with van der Waals surface area (Å²) < 4.78 is 49.2. The molecule has 1 saturated carbocycles. The average molecular weight is 460 g/mol. The van der Waals surface area contributed by atoms with Crippen molar-refractivity contribution in [1.82, 2.24) is 0 Å². The highest BCUT2D eigenvalue weighted by Gasteiger charge is 2.29. The number of rotatable bonds is 7. The monoisotopic (exact) mass is 460 g/mol. The van der Waals surface area contributed by atoms with E-state index in [0.29, 0.717) is 29.0 Å². The maximum atomic E-state index is 13.0. The van der Waals surface area contributed by atoms with Crippen LogP contribution in [0.2, 0.25) is 0 Å². The number of furan rings is 1. The van der Waals surface area contributed by atoms with Gasteiger partial charge >= 0.3 is 6.18 Å². The van der Waals surface area contributed by atoms with Gasteiger partial charge in [-0.05, 0) is 74.3 Å². The Bertz CT molecular complexity index is 1120. The number of ether oxygens (including phenoxy) is 1. The second-order valence-electron chi connectivity index (χ2n) is 8.94. The van der Waals surface area contributed by atoms with Gasteiger partial charge in [-0.2, -0.15) is 13.2 Å². The van der Waals surface area contributed by atoms with Crippen molar-refractivity contribution in [3.8, 4) is 16.9 Å². The number of aryl methyl sites for hydroxylation is 1. The number of aliphatic hydroxyl groups excluding tert-OH is 1. The van der Waals surface area contributed by atoms with Crippen molar-refractivity contribution < 1.29 is 32.2 Å². The van der Waals surface area contributed by atoms with E-state index in [4.69, 9.17) is 9.15 Å². The van der Waals surface area contributed by atoms with Crippen molar-refractivity contribution in [2.24, 2.45) is 11.8 Å². The number of carbonyl (C=O) groups is 1. The number of hydrogen-bond acceptors (Lipinski definition) is 4. The molecule has 1 heterocycles. The van der Waals surface area contributed by atoms with Crippen molar-refractivity contribution in [3.63, 3.8) is 0 Å². The minimum atomic E-state index is -4.45. The summed E-state index contributed by atoms with van der Waals surface area (Å²) in [7, 11) is 0. The van der Waals surface area contributed by atoms with Crippen molar-refractivity contribution >= 4 is 16.8 Å². The van der Waals surface area contributed by atoms with Crippen molar-refractivity contribution in [3.05, 3.63) is 53.8 Å². The van der Waals surface area contributed by atoms with E-state index in [1.807, 2.05) is 19.1 Å². The molecule has 0 unspecified atom stereocenters. The number of para-hydroxylation sites is 1. The van der Waals surface area contributed by atoms with Crippen LogP contribution in [0.5, 0.6) is 5.75 Å². The molecule has 0 aliphatic heterocycles. The van der Waals surface area contributed by atoms with Gasteiger partial charge in [0.2, 0.25) is 0 Å². The fraction of sp³-hybridized carbons (Fsp3) is 0.423. The van der Waals surface area contributed by atoms with Crippen LogP contribution < -0.4 is 4.74 Å². The molecule has 176 valence electrons. The molecule has 1 N–H and O–H groups in total. The third kappa shape index (κ3) is 5.58. The molecule has 3 aromatic rings. The Labute approximate surface area is 190 Å². The lowest BCUT2D eigenvalue weighted by Crippen LogP contribution is -2.19. The van der Waals surface area contributed by atoms with E-state index in [-0.39, 0.29) is 29.8 Å². The number of Topliss-reactive ketones (excluding diaryl/α,β-unsaturated/α-hetero) is 1. The summed E-state index contributed by atoms with van der Waals surface area (Å²) in [5.74, 6) is 0.879. The summed E-state index contributed by atoms with van der Waals surface area (Å²) in [4.78, 5) is 13.0. The van der Waals surface area contributed by atoms with E-state index < -0.39 is 12.8 Å². The standard InChI is InChI=1S/C26H27F3O4/c1-16-10-19-13-24(22(31)12-17-6-8-18(14-30)9-7-17)33-25(19)21(11-16)20-4-2-3-5-23(20)32-15-26(27,28)29/h2-5,10-11,13,17-18,30H,6-9,12,14-15H2,1H3. The Kier molecular flexibility index (Phi) is 6.79. The highest BCUT2D eigenvalue weighted by Crippen LogP contribution is 2.39. The van der Waals surface area contributed by atoms with E-state index in [0.717, 1.165) is 36.6 Å². The lowest BCUT2D eigenvalue weighted by atomic mass is 9.80. The summed E-state index contributed by atoms with van der Waals surface area (Å²) in [6.07, 6.45) is -0.399. The second kappa shape index (κ2) is 9.59. The van der Waals surface area contributed by atoms with E-state index in [9.17, 15) is 23.1 Å². The first-order chi connectivity index (χ1) is 15.7. The number of aliphatic hydroxyl groups is 1. The van der Waals surface area contributed by atoms with Crippen LogP contribution in [-0.4, -0.2) is 30.3 Å². The third-order valence-electron chi connectivity index (χ3n) is 6.30. The van der Waals surface area contributed by atoms with Crippen LogP contribution in [0.3, 0.4) is 0 Å². The van der Waals surface area contributed by atoms with E-state index in [1.54, 1.807) is 24.3 Å². The molecule has 1 aliphatic carbocycles. The molecular weight excluding hydrogens is 433 g/mol. The summed E-state index contributed by atoms with van der Waals surface area (Å²) in [5.41, 5.74) is 2.41. The SMILES string of the molecule is Cc1cc(-c2ccccc2OCC(F)(F)F)c2oc(C(=O)CC3CCC(CO)CC3)cc2c1. The van der Waals surface area contributed by atoms with Gasteiger partial charge in [0.15, 0.2) is 18.2 Å². The van der Waals surface area contributed by atoms with Gasteiger partial charge in [0.05, 0.1) is 0 Å². The first kappa shape index (κ1) is 23.4. The van der Waals surface area contributed by atoms with Crippen LogP contribution in [0.1, 0.15) is 48.2 Å². The van der Waals surface area contributed by atoms with Gasteiger partial charge in [-0.25, -0.2) is 0 Å². The summed E-state index contributed by atoms with van der Waals surface area (Å²) >= 11 is 0. The van der Waals surface area contributed by atoms with Crippen LogP contribution in [0.25, 0.3) is 22.1 Å². The molecule has 1 aromatic heterocycles. The molecule has 1 fully saturated rings. The quantitative estimate of drug-likeness (QED) is 0.398. The Morgan fingerprint density at radius 3 is 2.45 bits per heavy atom. The maximum Gasteiger partial charge on any atom is 0.422 e. The summed E-state index contributed by atoms with van der Waals surface area (Å²) in [6, 6.07) is 12.0. The van der Waals surface area contributed by atoms with E-state index in [2.05, 4.69) is 0 Å². The zero-order chi connectivity index (χ0) is 23.6. The van der Waals surface area contributed by atoms with Crippen molar-refractivity contribution in [1.29, 1.82) is 0 Å². The van der Waals surface area contributed by atoms with Crippen LogP contribution >= 0.6 is 0 Å². The normalized spacial score (nSPS) is 19.1.